The monoisotopic (exact) mass is 204 g/mol. The second-order valence-corrected chi connectivity index (χ2v) is 5.69. The summed E-state index contributed by atoms with van der Waals surface area (Å²) in [7, 11) is 0. The van der Waals surface area contributed by atoms with Crippen molar-refractivity contribution in [2.45, 2.75) is 33.1 Å². The van der Waals surface area contributed by atoms with E-state index in [1.165, 1.54) is 24.3 Å². The van der Waals surface area contributed by atoms with Crippen molar-refractivity contribution in [3.05, 3.63) is 24.0 Å². The van der Waals surface area contributed by atoms with Gasteiger partial charge in [-0.15, -0.1) is 0 Å². The molecule has 0 N–H and O–H groups in total. The molecule has 15 heavy (non-hydrogen) atoms. The third-order valence-corrected chi connectivity index (χ3v) is 3.02. The van der Waals surface area contributed by atoms with Gasteiger partial charge >= 0.3 is 0 Å². The number of nitrogens with zero attached hydrogens (tertiary/aromatic N) is 2. The number of anilines is 1. The third-order valence-electron chi connectivity index (χ3n) is 3.02. The first kappa shape index (κ1) is 10.5. The summed E-state index contributed by atoms with van der Waals surface area (Å²) in [4.78, 5) is 6.73. The van der Waals surface area contributed by atoms with Gasteiger partial charge in [-0.25, -0.2) is 0 Å². The molecule has 2 heteroatoms. The molecule has 0 atom stereocenters. The van der Waals surface area contributed by atoms with Gasteiger partial charge in [0.25, 0.3) is 0 Å². The SMILES string of the molecule is CC1CN(c2cncc(C(C)(C)C)c2)C1. The summed E-state index contributed by atoms with van der Waals surface area (Å²) in [6.45, 7) is 11.3. The van der Waals surface area contributed by atoms with Crippen molar-refractivity contribution in [3.63, 3.8) is 0 Å². The summed E-state index contributed by atoms with van der Waals surface area (Å²) in [6, 6.07) is 2.28. The van der Waals surface area contributed by atoms with E-state index in [-0.39, 0.29) is 5.41 Å². The van der Waals surface area contributed by atoms with Gasteiger partial charge in [-0.1, -0.05) is 27.7 Å². The fraction of sp³-hybridized carbons (Fsp3) is 0.615. The minimum atomic E-state index is 0.194. The maximum atomic E-state index is 4.34. The molecule has 2 rings (SSSR count). The minimum Gasteiger partial charge on any atom is -0.370 e. The lowest BCUT2D eigenvalue weighted by Gasteiger charge is -2.39. The zero-order valence-corrected chi connectivity index (χ0v) is 10.1. The molecular weight excluding hydrogens is 184 g/mol. The lowest BCUT2D eigenvalue weighted by atomic mass is 9.88. The van der Waals surface area contributed by atoms with E-state index in [0.29, 0.717) is 0 Å². The molecule has 0 amide bonds. The average molecular weight is 204 g/mol. The van der Waals surface area contributed by atoms with Crippen LogP contribution in [0.3, 0.4) is 0 Å². The van der Waals surface area contributed by atoms with E-state index in [1.807, 2.05) is 12.4 Å². The molecule has 0 saturated carbocycles. The van der Waals surface area contributed by atoms with Gasteiger partial charge in [-0.2, -0.15) is 0 Å². The van der Waals surface area contributed by atoms with E-state index in [9.17, 15) is 0 Å². The lowest BCUT2D eigenvalue weighted by molar-refractivity contribution is 0.446. The maximum absolute atomic E-state index is 4.34. The second kappa shape index (κ2) is 3.51. The van der Waals surface area contributed by atoms with Crippen molar-refractivity contribution in [2.75, 3.05) is 18.0 Å². The Morgan fingerprint density at radius 3 is 2.47 bits per heavy atom. The van der Waals surface area contributed by atoms with Crippen molar-refractivity contribution in [2.24, 2.45) is 5.92 Å². The van der Waals surface area contributed by atoms with E-state index in [1.54, 1.807) is 0 Å². The first-order valence-corrected chi connectivity index (χ1v) is 5.67. The molecule has 0 bridgehead atoms. The van der Waals surface area contributed by atoms with E-state index < -0.39 is 0 Å². The summed E-state index contributed by atoms with van der Waals surface area (Å²) < 4.78 is 0. The van der Waals surface area contributed by atoms with Crippen LogP contribution < -0.4 is 4.90 Å². The molecule has 2 heterocycles. The Kier molecular flexibility index (Phi) is 2.45. The molecule has 1 saturated heterocycles. The van der Waals surface area contributed by atoms with Gasteiger partial charge in [0.05, 0.1) is 11.9 Å². The second-order valence-electron chi connectivity index (χ2n) is 5.69. The number of hydrogen-bond acceptors (Lipinski definition) is 2. The highest BCUT2D eigenvalue weighted by molar-refractivity contribution is 5.49. The Balaban J connectivity index is 2.20. The van der Waals surface area contributed by atoms with Crippen LogP contribution >= 0.6 is 0 Å². The van der Waals surface area contributed by atoms with Gasteiger partial charge < -0.3 is 4.90 Å². The summed E-state index contributed by atoms with van der Waals surface area (Å²) in [5.74, 6) is 0.836. The van der Waals surface area contributed by atoms with E-state index >= 15 is 0 Å². The number of aromatic nitrogens is 1. The molecule has 1 aliphatic heterocycles. The number of hydrogen-bond donors (Lipinski definition) is 0. The molecule has 1 fully saturated rings. The van der Waals surface area contributed by atoms with Crippen LogP contribution in [0.15, 0.2) is 18.5 Å². The van der Waals surface area contributed by atoms with E-state index in [4.69, 9.17) is 0 Å². The smallest absolute Gasteiger partial charge is 0.0555 e. The predicted molar refractivity (Wildman–Crippen MR) is 64.3 cm³/mol. The van der Waals surface area contributed by atoms with Gasteiger partial charge in [0.15, 0.2) is 0 Å². The summed E-state index contributed by atoms with van der Waals surface area (Å²) in [6.07, 6.45) is 3.95. The summed E-state index contributed by atoms with van der Waals surface area (Å²) >= 11 is 0. The van der Waals surface area contributed by atoms with Gasteiger partial charge in [0.2, 0.25) is 0 Å². The molecule has 1 aliphatic rings. The molecule has 0 unspecified atom stereocenters. The fourth-order valence-electron chi connectivity index (χ4n) is 1.92. The number of rotatable bonds is 1. The van der Waals surface area contributed by atoms with Crippen molar-refractivity contribution >= 4 is 5.69 Å². The van der Waals surface area contributed by atoms with Crippen LogP contribution in [0.5, 0.6) is 0 Å². The minimum absolute atomic E-state index is 0.194. The van der Waals surface area contributed by atoms with Gasteiger partial charge in [0, 0.05) is 19.3 Å². The zero-order chi connectivity index (χ0) is 11.1. The van der Waals surface area contributed by atoms with Crippen LogP contribution in [0.4, 0.5) is 5.69 Å². The van der Waals surface area contributed by atoms with Crippen molar-refractivity contribution in [3.8, 4) is 0 Å². The molecule has 0 aromatic carbocycles. The summed E-state index contributed by atoms with van der Waals surface area (Å²) in [5, 5.41) is 0. The third kappa shape index (κ3) is 2.14. The van der Waals surface area contributed by atoms with E-state index in [0.717, 1.165) is 5.92 Å². The fourth-order valence-corrected chi connectivity index (χ4v) is 1.92. The van der Waals surface area contributed by atoms with Gasteiger partial charge in [-0.3, -0.25) is 4.98 Å². The highest BCUT2D eigenvalue weighted by atomic mass is 15.2. The number of pyridine rings is 1. The maximum Gasteiger partial charge on any atom is 0.0555 e. The van der Waals surface area contributed by atoms with Crippen LogP contribution in [0.25, 0.3) is 0 Å². The Bertz CT molecular complexity index is 346. The molecule has 0 spiro atoms. The Hall–Kier alpha value is -1.05. The average Bonchev–Trinajstić information content (AvgIpc) is 2.12. The quantitative estimate of drug-likeness (QED) is 0.699. The van der Waals surface area contributed by atoms with Crippen LogP contribution in [-0.4, -0.2) is 18.1 Å². The van der Waals surface area contributed by atoms with Crippen LogP contribution in [0.2, 0.25) is 0 Å². The highest BCUT2D eigenvalue weighted by Gasteiger charge is 2.24. The van der Waals surface area contributed by atoms with Crippen LogP contribution in [-0.2, 0) is 5.41 Å². The van der Waals surface area contributed by atoms with Crippen molar-refractivity contribution in [1.29, 1.82) is 0 Å². The van der Waals surface area contributed by atoms with Gasteiger partial charge in [0.1, 0.15) is 0 Å². The molecule has 1 aromatic rings. The first-order chi connectivity index (χ1) is 6.97. The normalized spacial score (nSPS) is 17.7. The Morgan fingerprint density at radius 1 is 1.27 bits per heavy atom. The van der Waals surface area contributed by atoms with Gasteiger partial charge in [-0.05, 0) is 23.0 Å². The van der Waals surface area contributed by atoms with Crippen molar-refractivity contribution < 1.29 is 0 Å². The van der Waals surface area contributed by atoms with Crippen LogP contribution in [0, 0.1) is 5.92 Å². The zero-order valence-electron chi connectivity index (χ0n) is 10.1. The highest BCUT2D eigenvalue weighted by Crippen LogP contribution is 2.28. The molecule has 82 valence electrons. The molecule has 2 nitrogen and oxygen atoms in total. The molecular formula is C13H20N2. The standard InChI is InChI=1S/C13H20N2/c1-10-8-15(9-10)12-5-11(6-14-7-12)13(2,3)4/h5-7,10H,8-9H2,1-4H3. The Labute approximate surface area is 92.3 Å². The topological polar surface area (TPSA) is 16.1 Å². The summed E-state index contributed by atoms with van der Waals surface area (Å²) in [5.41, 5.74) is 2.79. The van der Waals surface area contributed by atoms with Crippen molar-refractivity contribution in [1.82, 2.24) is 4.98 Å². The largest absolute Gasteiger partial charge is 0.370 e. The van der Waals surface area contributed by atoms with Crippen LogP contribution in [0.1, 0.15) is 33.3 Å². The van der Waals surface area contributed by atoms with E-state index in [2.05, 4.69) is 43.6 Å². The molecule has 0 radical (unpaired) electrons. The molecule has 1 aromatic heterocycles. The predicted octanol–water partition coefficient (Wildman–Crippen LogP) is 2.84. The molecule has 0 aliphatic carbocycles. The lowest BCUT2D eigenvalue weighted by Crippen LogP contribution is -2.45. The first-order valence-electron chi connectivity index (χ1n) is 5.67. The Morgan fingerprint density at radius 2 is 1.93 bits per heavy atom.